The molecule has 102 valence electrons. The standard InChI is InChI=1S/C17H14N4/c1-12-9-20-14(10-19-12)11-21-17-7-6-13(8-18)15-4-2-3-5-16(15)17/h2-7,9-10,21H,11H2,1H3. The van der Waals surface area contributed by atoms with E-state index in [4.69, 9.17) is 0 Å². The van der Waals surface area contributed by atoms with E-state index < -0.39 is 0 Å². The van der Waals surface area contributed by atoms with E-state index in [1.165, 1.54) is 0 Å². The Morgan fingerprint density at radius 2 is 1.86 bits per heavy atom. The van der Waals surface area contributed by atoms with Crippen molar-refractivity contribution in [2.45, 2.75) is 13.5 Å². The van der Waals surface area contributed by atoms with Crippen molar-refractivity contribution >= 4 is 16.5 Å². The summed E-state index contributed by atoms with van der Waals surface area (Å²) in [6, 6.07) is 13.9. The second-order valence-electron chi connectivity index (χ2n) is 4.82. The topological polar surface area (TPSA) is 61.6 Å². The number of nitriles is 1. The zero-order chi connectivity index (χ0) is 14.7. The molecule has 3 aromatic rings. The summed E-state index contributed by atoms with van der Waals surface area (Å²) in [4.78, 5) is 8.57. The van der Waals surface area contributed by atoms with Crippen LogP contribution in [-0.4, -0.2) is 9.97 Å². The van der Waals surface area contributed by atoms with Crippen molar-refractivity contribution in [2.75, 3.05) is 5.32 Å². The Labute approximate surface area is 123 Å². The summed E-state index contributed by atoms with van der Waals surface area (Å²) < 4.78 is 0. The van der Waals surface area contributed by atoms with E-state index in [-0.39, 0.29) is 0 Å². The van der Waals surface area contributed by atoms with Crippen LogP contribution in [0.3, 0.4) is 0 Å². The highest BCUT2D eigenvalue weighted by molar-refractivity contribution is 5.97. The summed E-state index contributed by atoms with van der Waals surface area (Å²) in [5, 5.41) is 14.5. The number of aryl methyl sites for hydroxylation is 1. The van der Waals surface area contributed by atoms with E-state index in [0.717, 1.165) is 27.8 Å². The highest BCUT2D eigenvalue weighted by Crippen LogP contribution is 2.26. The summed E-state index contributed by atoms with van der Waals surface area (Å²) in [6.07, 6.45) is 3.53. The van der Waals surface area contributed by atoms with E-state index in [9.17, 15) is 5.26 Å². The van der Waals surface area contributed by atoms with Crippen LogP contribution in [0.5, 0.6) is 0 Å². The van der Waals surface area contributed by atoms with Gasteiger partial charge in [0.15, 0.2) is 0 Å². The van der Waals surface area contributed by atoms with Crippen molar-refractivity contribution in [1.29, 1.82) is 5.26 Å². The minimum atomic E-state index is 0.600. The first-order valence-electron chi connectivity index (χ1n) is 6.71. The van der Waals surface area contributed by atoms with Crippen LogP contribution in [0.4, 0.5) is 5.69 Å². The molecule has 1 aromatic heterocycles. The molecular weight excluding hydrogens is 260 g/mol. The van der Waals surface area contributed by atoms with E-state index in [1.54, 1.807) is 12.4 Å². The van der Waals surface area contributed by atoms with Crippen LogP contribution in [0.25, 0.3) is 10.8 Å². The third-order valence-corrected chi connectivity index (χ3v) is 3.34. The number of benzene rings is 2. The largest absolute Gasteiger partial charge is 0.379 e. The number of fused-ring (bicyclic) bond motifs is 1. The zero-order valence-corrected chi connectivity index (χ0v) is 11.7. The number of nitrogens with zero attached hydrogens (tertiary/aromatic N) is 3. The Kier molecular flexibility index (Phi) is 3.48. The van der Waals surface area contributed by atoms with Gasteiger partial charge in [0.25, 0.3) is 0 Å². The third kappa shape index (κ3) is 2.67. The van der Waals surface area contributed by atoms with Gasteiger partial charge < -0.3 is 5.32 Å². The van der Waals surface area contributed by atoms with Crippen LogP contribution in [0.15, 0.2) is 48.8 Å². The molecule has 1 heterocycles. The number of hydrogen-bond acceptors (Lipinski definition) is 4. The molecule has 0 bridgehead atoms. The quantitative estimate of drug-likeness (QED) is 0.795. The monoisotopic (exact) mass is 274 g/mol. The molecule has 2 aromatic carbocycles. The van der Waals surface area contributed by atoms with Gasteiger partial charge in [-0.25, -0.2) is 0 Å². The molecule has 0 radical (unpaired) electrons. The van der Waals surface area contributed by atoms with Gasteiger partial charge in [0.2, 0.25) is 0 Å². The average molecular weight is 274 g/mol. The molecule has 4 nitrogen and oxygen atoms in total. The molecular formula is C17H14N4. The molecule has 4 heteroatoms. The van der Waals surface area contributed by atoms with Gasteiger partial charge in [0.05, 0.1) is 35.8 Å². The lowest BCUT2D eigenvalue weighted by Crippen LogP contribution is -2.03. The molecule has 0 aliphatic carbocycles. The SMILES string of the molecule is Cc1cnc(CNc2ccc(C#N)c3ccccc23)cn1. The van der Waals surface area contributed by atoms with Gasteiger partial charge >= 0.3 is 0 Å². The molecule has 21 heavy (non-hydrogen) atoms. The van der Waals surface area contributed by atoms with Crippen molar-refractivity contribution in [1.82, 2.24) is 9.97 Å². The fourth-order valence-electron chi connectivity index (χ4n) is 2.25. The van der Waals surface area contributed by atoms with Gasteiger partial charge in [-0.15, -0.1) is 0 Å². The maximum Gasteiger partial charge on any atom is 0.0998 e. The lowest BCUT2D eigenvalue weighted by molar-refractivity contribution is 0.986. The summed E-state index contributed by atoms with van der Waals surface area (Å²) in [5.74, 6) is 0. The molecule has 0 unspecified atom stereocenters. The van der Waals surface area contributed by atoms with Gasteiger partial charge in [0, 0.05) is 22.7 Å². The summed E-state index contributed by atoms with van der Waals surface area (Å²) in [5.41, 5.74) is 3.47. The van der Waals surface area contributed by atoms with Crippen LogP contribution in [0.2, 0.25) is 0 Å². The lowest BCUT2D eigenvalue weighted by atomic mass is 10.0. The molecule has 0 spiro atoms. The predicted octanol–water partition coefficient (Wildman–Crippen LogP) is 3.42. The zero-order valence-electron chi connectivity index (χ0n) is 11.7. The Bertz CT molecular complexity index is 816. The fraction of sp³-hybridized carbons (Fsp3) is 0.118. The molecule has 3 rings (SSSR count). The first-order chi connectivity index (χ1) is 10.3. The van der Waals surface area contributed by atoms with Crippen molar-refractivity contribution in [3.63, 3.8) is 0 Å². The normalized spacial score (nSPS) is 10.3. The smallest absolute Gasteiger partial charge is 0.0998 e. The van der Waals surface area contributed by atoms with Crippen LogP contribution in [0.1, 0.15) is 17.0 Å². The van der Waals surface area contributed by atoms with E-state index in [1.807, 2.05) is 43.3 Å². The van der Waals surface area contributed by atoms with E-state index in [0.29, 0.717) is 12.1 Å². The third-order valence-electron chi connectivity index (χ3n) is 3.34. The van der Waals surface area contributed by atoms with Crippen molar-refractivity contribution in [3.05, 3.63) is 65.7 Å². The van der Waals surface area contributed by atoms with Crippen LogP contribution in [-0.2, 0) is 6.54 Å². The lowest BCUT2D eigenvalue weighted by Gasteiger charge is -2.10. The van der Waals surface area contributed by atoms with Crippen LogP contribution in [0, 0.1) is 18.3 Å². The van der Waals surface area contributed by atoms with Crippen molar-refractivity contribution in [3.8, 4) is 6.07 Å². The Morgan fingerprint density at radius 1 is 1.05 bits per heavy atom. The second-order valence-corrected chi connectivity index (χ2v) is 4.82. The highest BCUT2D eigenvalue weighted by Gasteiger charge is 2.05. The first-order valence-corrected chi connectivity index (χ1v) is 6.71. The van der Waals surface area contributed by atoms with Gasteiger partial charge in [-0.05, 0) is 19.1 Å². The molecule has 0 amide bonds. The fourth-order valence-corrected chi connectivity index (χ4v) is 2.25. The number of nitrogens with one attached hydrogen (secondary N) is 1. The summed E-state index contributed by atoms with van der Waals surface area (Å²) in [7, 11) is 0. The minimum Gasteiger partial charge on any atom is -0.379 e. The molecule has 0 aliphatic heterocycles. The van der Waals surface area contributed by atoms with Crippen LogP contribution < -0.4 is 5.32 Å². The van der Waals surface area contributed by atoms with Crippen molar-refractivity contribution < 1.29 is 0 Å². The number of rotatable bonds is 3. The summed E-state index contributed by atoms with van der Waals surface area (Å²) in [6.45, 7) is 2.52. The summed E-state index contributed by atoms with van der Waals surface area (Å²) >= 11 is 0. The average Bonchev–Trinajstić information content (AvgIpc) is 2.54. The Morgan fingerprint density at radius 3 is 2.57 bits per heavy atom. The van der Waals surface area contributed by atoms with E-state index >= 15 is 0 Å². The molecule has 0 saturated heterocycles. The molecule has 1 N–H and O–H groups in total. The van der Waals surface area contributed by atoms with E-state index in [2.05, 4.69) is 21.4 Å². The van der Waals surface area contributed by atoms with Gasteiger partial charge in [-0.1, -0.05) is 24.3 Å². The van der Waals surface area contributed by atoms with Gasteiger partial charge in [0.1, 0.15) is 0 Å². The number of aromatic nitrogens is 2. The van der Waals surface area contributed by atoms with Gasteiger partial charge in [-0.2, -0.15) is 5.26 Å². The molecule has 0 saturated carbocycles. The Hall–Kier alpha value is -2.93. The first kappa shape index (κ1) is 13.1. The minimum absolute atomic E-state index is 0.600. The predicted molar refractivity (Wildman–Crippen MR) is 82.8 cm³/mol. The highest BCUT2D eigenvalue weighted by atomic mass is 14.9. The molecule has 0 fully saturated rings. The molecule has 0 aliphatic rings. The van der Waals surface area contributed by atoms with Crippen molar-refractivity contribution in [2.24, 2.45) is 0 Å². The van der Waals surface area contributed by atoms with Gasteiger partial charge in [-0.3, -0.25) is 9.97 Å². The van der Waals surface area contributed by atoms with Crippen LogP contribution >= 0.6 is 0 Å². The maximum atomic E-state index is 9.17. The second kappa shape index (κ2) is 5.59. The number of hydrogen-bond donors (Lipinski definition) is 1. The number of anilines is 1. The Balaban J connectivity index is 1.91. The maximum absolute atomic E-state index is 9.17. The molecule has 0 atom stereocenters.